The predicted molar refractivity (Wildman–Crippen MR) is 86.6 cm³/mol. The minimum absolute atomic E-state index is 0.0330. The molecule has 1 aliphatic carbocycles. The molecule has 4 heteroatoms. The molecule has 4 rings (SSSR count). The van der Waals surface area contributed by atoms with Gasteiger partial charge < -0.3 is 5.32 Å². The van der Waals surface area contributed by atoms with Crippen molar-refractivity contribution in [2.24, 2.45) is 0 Å². The molecular formula is C18H13N3O. The number of ketones is 1. The summed E-state index contributed by atoms with van der Waals surface area (Å²) in [6, 6.07) is 15.2. The Morgan fingerprint density at radius 2 is 1.77 bits per heavy atom. The fraction of sp³-hybridized carbons (Fsp3) is 0.0556. The van der Waals surface area contributed by atoms with Gasteiger partial charge >= 0.3 is 0 Å². The third-order valence-electron chi connectivity index (χ3n) is 3.69. The summed E-state index contributed by atoms with van der Waals surface area (Å²) < 4.78 is 0. The Morgan fingerprint density at radius 1 is 0.955 bits per heavy atom. The SMILES string of the molecule is Cc1nc2c3c(cccc3n1)C(=O)C(Nc1ccccc1)=C2. The molecule has 3 aromatic rings. The second kappa shape index (κ2) is 4.77. The standard InChI is InChI=1S/C18H13N3O/c1-11-19-14-9-5-8-13-17(14)15(20-11)10-16(18(13)22)21-12-6-3-2-4-7-12/h2-10,21H,1H3. The van der Waals surface area contributed by atoms with Crippen molar-refractivity contribution in [1.82, 2.24) is 9.97 Å². The first-order valence-corrected chi connectivity index (χ1v) is 7.08. The molecule has 0 radical (unpaired) electrons. The van der Waals surface area contributed by atoms with Crippen LogP contribution in [0.3, 0.4) is 0 Å². The monoisotopic (exact) mass is 287 g/mol. The Labute approximate surface area is 127 Å². The first-order chi connectivity index (χ1) is 10.7. The number of hydrogen-bond donors (Lipinski definition) is 1. The molecule has 1 heterocycles. The highest BCUT2D eigenvalue weighted by atomic mass is 16.1. The first kappa shape index (κ1) is 12.7. The van der Waals surface area contributed by atoms with Gasteiger partial charge in [0.05, 0.1) is 16.9 Å². The van der Waals surface area contributed by atoms with Crippen LogP contribution in [0.5, 0.6) is 0 Å². The van der Waals surface area contributed by atoms with E-state index < -0.39 is 0 Å². The van der Waals surface area contributed by atoms with E-state index in [-0.39, 0.29) is 5.78 Å². The van der Waals surface area contributed by atoms with Gasteiger partial charge in [0.25, 0.3) is 0 Å². The van der Waals surface area contributed by atoms with Crippen molar-refractivity contribution in [3.63, 3.8) is 0 Å². The molecule has 0 saturated carbocycles. The van der Waals surface area contributed by atoms with Crippen LogP contribution in [0.25, 0.3) is 17.0 Å². The fourth-order valence-corrected chi connectivity index (χ4v) is 2.74. The maximum Gasteiger partial charge on any atom is 0.210 e. The van der Waals surface area contributed by atoms with Gasteiger partial charge in [0.1, 0.15) is 5.82 Å². The van der Waals surface area contributed by atoms with Crippen LogP contribution in [0.1, 0.15) is 21.9 Å². The summed E-state index contributed by atoms with van der Waals surface area (Å²) in [5.41, 5.74) is 3.65. The van der Waals surface area contributed by atoms with Crippen LogP contribution >= 0.6 is 0 Å². The lowest BCUT2D eigenvalue weighted by Gasteiger charge is -2.17. The Balaban J connectivity index is 1.89. The fourth-order valence-electron chi connectivity index (χ4n) is 2.74. The Morgan fingerprint density at radius 3 is 2.59 bits per heavy atom. The van der Waals surface area contributed by atoms with Gasteiger partial charge in [-0.05, 0) is 31.2 Å². The van der Waals surface area contributed by atoms with Gasteiger partial charge in [-0.1, -0.05) is 30.3 Å². The molecule has 0 bridgehead atoms. The predicted octanol–water partition coefficient (Wildman–Crippen LogP) is 3.59. The van der Waals surface area contributed by atoms with E-state index in [1.54, 1.807) is 6.08 Å². The van der Waals surface area contributed by atoms with Crippen LogP contribution in [0, 0.1) is 6.92 Å². The topological polar surface area (TPSA) is 54.9 Å². The maximum absolute atomic E-state index is 12.7. The zero-order valence-electron chi connectivity index (χ0n) is 12.0. The Hall–Kier alpha value is -3.01. The highest BCUT2D eigenvalue weighted by Crippen LogP contribution is 2.29. The van der Waals surface area contributed by atoms with E-state index in [1.807, 2.05) is 55.5 Å². The minimum atomic E-state index is -0.0330. The number of aryl methyl sites for hydroxylation is 1. The van der Waals surface area contributed by atoms with Crippen LogP contribution in [-0.2, 0) is 0 Å². The number of benzene rings is 2. The van der Waals surface area contributed by atoms with Gasteiger partial charge in [0, 0.05) is 16.6 Å². The van der Waals surface area contributed by atoms with Gasteiger partial charge in [0.2, 0.25) is 5.78 Å². The van der Waals surface area contributed by atoms with Crippen molar-refractivity contribution in [1.29, 1.82) is 0 Å². The van der Waals surface area contributed by atoms with Crippen molar-refractivity contribution in [3.05, 3.63) is 71.3 Å². The molecular weight excluding hydrogens is 274 g/mol. The molecule has 0 fully saturated rings. The van der Waals surface area contributed by atoms with Crippen molar-refractivity contribution in [3.8, 4) is 0 Å². The summed E-state index contributed by atoms with van der Waals surface area (Å²) >= 11 is 0. The van der Waals surface area contributed by atoms with Crippen LogP contribution < -0.4 is 5.32 Å². The number of anilines is 1. The first-order valence-electron chi connectivity index (χ1n) is 7.08. The summed E-state index contributed by atoms with van der Waals surface area (Å²) in [4.78, 5) is 21.6. The van der Waals surface area contributed by atoms with E-state index >= 15 is 0 Å². The summed E-state index contributed by atoms with van der Waals surface area (Å²) in [5, 5.41) is 4.02. The molecule has 1 aromatic heterocycles. The number of aromatic nitrogens is 2. The molecule has 0 spiro atoms. The molecule has 0 amide bonds. The molecule has 0 saturated heterocycles. The number of carbonyl (C=O) groups is 1. The Bertz CT molecular complexity index is 930. The lowest BCUT2D eigenvalue weighted by molar-refractivity contribution is 0.103. The molecule has 22 heavy (non-hydrogen) atoms. The number of hydrogen-bond acceptors (Lipinski definition) is 4. The summed E-state index contributed by atoms with van der Waals surface area (Å²) in [5.74, 6) is 0.665. The van der Waals surface area contributed by atoms with E-state index in [1.165, 1.54) is 0 Å². The second-order valence-corrected chi connectivity index (χ2v) is 5.23. The van der Waals surface area contributed by atoms with Crippen LogP contribution in [0.15, 0.2) is 54.2 Å². The molecule has 0 atom stereocenters. The molecule has 0 unspecified atom stereocenters. The second-order valence-electron chi connectivity index (χ2n) is 5.23. The molecule has 106 valence electrons. The van der Waals surface area contributed by atoms with Gasteiger partial charge in [-0.2, -0.15) is 0 Å². The lowest BCUT2D eigenvalue weighted by Crippen LogP contribution is -2.16. The molecule has 1 N–H and O–H groups in total. The Kier molecular flexibility index (Phi) is 2.76. The van der Waals surface area contributed by atoms with Crippen LogP contribution in [0.2, 0.25) is 0 Å². The van der Waals surface area contributed by atoms with E-state index in [2.05, 4.69) is 15.3 Å². The van der Waals surface area contributed by atoms with Crippen molar-refractivity contribution < 1.29 is 4.79 Å². The largest absolute Gasteiger partial charge is 0.352 e. The molecule has 2 aromatic carbocycles. The quantitative estimate of drug-likeness (QED) is 0.782. The summed E-state index contributed by atoms with van der Waals surface area (Å²) in [6.45, 7) is 1.86. The van der Waals surface area contributed by atoms with E-state index in [0.29, 0.717) is 17.1 Å². The third-order valence-corrected chi connectivity index (χ3v) is 3.69. The highest BCUT2D eigenvalue weighted by molar-refractivity contribution is 6.23. The zero-order valence-corrected chi connectivity index (χ0v) is 12.0. The minimum Gasteiger partial charge on any atom is -0.352 e. The average molecular weight is 287 g/mol. The zero-order chi connectivity index (χ0) is 15.1. The van der Waals surface area contributed by atoms with Crippen molar-refractivity contribution >= 4 is 28.4 Å². The number of nitrogens with one attached hydrogen (secondary N) is 1. The van der Waals surface area contributed by atoms with E-state index in [4.69, 9.17) is 0 Å². The van der Waals surface area contributed by atoms with Crippen LogP contribution in [0.4, 0.5) is 5.69 Å². The number of para-hydroxylation sites is 1. The normalized spacial score (nSPS) is 13.1. The third kappa shape index (κ3) is 1.97. The molecule has 1 aliphatic rings. The van der Waals surface area contributed by atoms with Gasteiger partial charge in [-0.3, -0.25) is 4.79 Å². The highest BCUT2D eigenvalue weighted by Gasteiger charge is 2.23. The van der Waals surface area contributed by atoms with Gasteiger partial charge in [-0.15, -0.1) is 0 Å². The smallest absolute Gasteiger partial charge is 0.210 e. The maximum atomic E-state index is 12.7. The van der Waals surface area contributed by atoms with Gasteiger partial charge in [0.15, 0.2) is 0 Å². The van der Waals surface area contributed by atoms with E-state index in [9.17, 15) is 4.79 Å². The number of rotatable bonds is 2. The summed E-state index contributed by atoms with van der Waals surface area (Å²) in [6.07, 6.45) is 1.80. The number of nitrogens with zero attached hydrogens (tertiary/aromatic N) is 2. The number of allylic oxidation sites excluding steroid dienone is 1. The van der Waals surface area contributed by atoms with Crippen LogP contribution in [-0.4, -0.2) is 15.8 Å². The average Bonchev–Trinajstić information content (AvgIpc) is 2.52. The number of carbonyl (C=O) groups excluding carboxylic acids is 1. The molecule has 4 nitrogen and oxygen atoms in total. The van der Waals surface area contributed by atoms with Crippen molar-refractivity contribution in [2.75, 3.05) is 5.32 Å². The lowest BCUT2D eigenvalue weighted by atomic mass is 9.95. The van der Waals surface area contributed by atoms with Gasteiger partial charge in [-0.25, -0.2) is 9.97 Å². The van der Waals surface area contributed by atoms with E-state index in [0.717, 1.165) is 22.3 Å². The van der Waals surface area contributed by atoms with Crippen molar-refractivity contribution in [2.45, 2.75) is 6.92 Å². The molecule has 0 aliphatic heterocycles. The number of Topliss-reactive ketones (excluding diaryl/α,β-unsaturated/α-hetero) is 1. The summed E-state index contributed by atoms with van der Waals surface area (Å²) in [7, 11) is 0.